The van der Waals surface area contributed by atoms with Gasteiger partial charge in [0.1, 0.15) is 11.9 Å². The fourth-order valence-electron chi connectivity index (χ4n) is 5.06. The number of carbonyl (C=O) groups excluding carboxylic acids is 2. The molecule has 1 fully saturated rings. The van der Waals surface area contributed by atoms with Crippen LogP contribution in [0.25, 0.3) is 10.8 Å². The number of likely N-dealkylation sites (tertiary alicyclic amines) is 1. The summed E-state index contributed by atoms with van der Waals surface area (Å²) in [6.07, 6.45) is 2.06. The second-order valence-electron chi connectivity index (χ2n) is 10.4. The molecule has 4 rings (SSSR count). The van der Waals surface area contributed by atoms with Crippen molar-refractivity contribution in [2.24, 2.45) is 11.7 Å². The number of nitrogen functional groups attached to an aromatic ring is 1. The Morgan fingerprint density at radius 1 is 1.05 bits per heavy atom. The van der Waals surface area contributed by atoms with Crippen molar-refractivity contribution in [3.8, 4) is 0 Å². The summed E-state index contributed by atoms with van der Waals surface area (Å²) < 4.78 is 28.6. The fraction of sp³-hybridized carbons (Fsp3) is 0.367. The highest BCUT2D eigenvalue weighted by Gasteiger charge is 2.34. The van der Waals surface area contributed by atoms with Crippen molar-refractivity contribution in [2.75, 3.05) is 26.2 Å². The number of benzene rings is 3. The molecule has 0 aliphatic carbocycles. The number of carbonyl (C=O) groups is 2. The van der Waals surface area contributed by atoms with Crippen molar-refractivity contribution in [1.82, 2.24) is 14.5 Å². The molecule has 1 saturated heterocycles. The van der Waals surface area contributed by atoms with Crippen molar-refractivity contribution < 1.29 is 18.0 Å². The number of rotatable bonds is 10. The smallest absolute Gasteiger partial charge is 0.245 e. The van der Waals surface area contributed by atoms with Gasteiger partial charge in [-0.3, -0.25) is 15.0 Å². The molecule has 2 amide bonds. The Kier molecular flexibility index (Phi) is 9.21. The van der Waals surface area contributed by atoms with Crippen molar-refractivity contribution in [2.45, 2.75) is 44.0 Å². The maximum absolute atomic E-state index is 13.8. The van der Waals surface area contributed by atoms with Crippen LogP contribution in [0.15, 0.2) is 71.6 Å². The molecule has 0 bridgehead atoms. The molecule has 9 nitrogen and oxygen atoms in total. The molecule has 10 heteroatoms. The van der Waals surface area contributed by atoms with Crippen LogP contribution >= 0.6 is 0 Å². The summed E-state index contributed by atoms with van der Waals surface area (Å²) in [6, 6.07) is 18.5. The van der Waals surface area contributed by atoms with E-state index in [1.54, 1.807) is 43.3 Å². The third-order valence-electron chi connectivity index (χ3n) is 7.56. The van der Waals surface area contributed by atoms with Gasteiger partial charge in [-0.05, 0) is 54.2 Å². The van der Waals surface area contributed by atoms with E-state index in [-0.39, 0.29) is 29.6 Å². The molecule has 4 N–H and O–H groups in total. The largest absolute Gasteiger partial charge is 0.384 e. The standard InChI is InChI=1S/C30H37N5O4S/c1-3-35(28(36)20-33-40(38,39)26-13-12-23-6-4-5-7-25(23)19-26)27(30(37)34-16-14-21(2)15-17-34)18-22-8-10-24(11-9-22)29(31)32/h4-13,19,21,27,33H,3,14-18,20H2,1-2H3,(H3,31,32)/t27-/m0/s1. The van der Waals surface area contributed by atoms with Gasteiger partial charge >= 0.3 is 0 Å². The lowest BCUT2D eigenvalue weighted by molar-refractivity contribution is -0.146. The normalized spacial score (nSPS) is 15.1. The highest BCUT2D eigenvalue weighted by molar-refractivity contribution is 7.89. The number of nitrogens with one attached hydrogen (secondary N) is 2. The molecule has 0 radical (unpaired) electrons. The maximum atomic E-state index is 13.8. The average Bonchev–Trinajstić information content (AvgIpc) is 2.96. The molecule has 0 unspecified atom stereocenters. The minimum absolute atomic E-state index is 0.0503. The number of fused-ring (bicyclic) bond motifs is 1. The zero-order valence-corrected chi connectivity index (χ0v) is 23.8. The Morgan fingerprint density at radius 2 is 1.70 bits per heavy atom. The van der Waals surface area contributed by atoms with Crippen LogP contribution in [0.3, 0.4) is 0 Å². The van der Waals surface area contributed by atoms with Gasteiger partial charge in [-0.1, -0.05) is 61.5 Å². The number of hydrogen-bond acceptors (Lipinski definition) is 5. The van der Waals surface area contributed by atoms with Gasteiger partial charge < -0.3 is 15.5 Å². The molecule has 1 atom stereocenters. The minimum atomic E-state index is -3.96. The number of sulfonamides is 1. The Balaban J connectivity index is 1.53. The number of likely N-dealkylation sites (N-methyl/N-ethyl adjacent to an activating group) is 1. The van der Waals surface area contributed by atoms with E-state index in [4.69, 9.17) is 11.1 Å². The Hall–Kier alpha value is -3.76. The van der Waals surface area contributed by atoms with Crippen LogP contribution in [-0.2, 0) is 26.0 Å². The van der Waals surface area contributed by atoms with Crippen molar-refractivity contribution in [3.63, 3.8) is 0 Å². The number of nitrogens with zero attached hydrogens (tertiary/aromatic N) is 2. The van der Waals surface area contributed by atoms with Crippen LogP contribution in [0.2, 0.25) is 0 Å². The van der Waals surface area contributed by atoms with Crippen LogP contribution in [0.1, 0.15) is 37.8 Å². The molecule has 0 aromatic heterocycles. The number of amides is 2. The van der Waals surface area contributed by atoms with Gasteiger partial charge in [0.05, 0.1) is 11.4 Å². The average molecular weight is 564 g/mol. The molecule has 1 heterocycles. The van der Waals surface area contributed by atoms with Crippen LogP contribution in [-0.4, -0.2) is 68.1 Å². The van der Waals surface area contributed by atoms with E-state index in [1.165, 1.54) is 11.0 Å². The Labute approximate surface area is 235 Å². The van der Waals surface area contributed by atoms with Crippen LogP contribution in [0.5, 0.6) is 0 Å². The van der Waals surface area contributed by atoms with E-state index in [9.17, 15) is 18.0 Å². The molecule has 3 aromatic carbocycles. The first-order valence-electron chi connectivity index (χ1n) is 13.6. The monoisotopic (exact) mass is 563 g/mol. The molecule has 0 spiro atoms. The Morgan fingerprint density at radius 3 is 2.33 bits per heavy atom. The molecule has 1 aliphatic rings. The van der Waals surface area contributed by atoms with E-state index in [0.717, 1.165) is 29.2 Å². The highest BCUT2D eigenvalue weighted by atomic mass is 32.2. The van der Waals surface area contributed by atoms with Crippen LogP contribution in [0.4, 0.5) is 0 Å². The van der Waals surface area contributed by atoms with E-state index in [2.05, 4.69) is 11.6 Å². The summed E-state index contributed by atoms with van der Waals surface area (Å²) in [6.45, 7) is 4.97. The summed E-state index contributed by atoms with van der Waals surface area (Å²) in [5, 5.41) is 9.32. The zero-order chi connectivity index (χ0) is 28.9. The fourth-order valence-corrected chi connectivity index (χ4v) is 6.07. The lowest BCUT2D eigenvalue weighted by Crippen LogP contribution is -2.55. The molecular formula is C30H37N5O4S. The van der Waals surface area contributed by atoms with E-state index in [1.807, 2.05) is 29.2 Å². The van der Waals surface area contributed by atoms with Crippen molar-refractivity contribution in [3.05, 3.63) is 77.9 Å². The van der Waals surface area contributed by atoms with E-state index >= 15 is 0 Å². The van der Waals surface area contributed by atoms with Crippen LogP contribution in [0, 0.1) is 11.3 Å². The third kappa shape index (κ3) is 6.86. The van der Waals surface area contributed by atoms with Gasteiger partial charge in [-0.2, -0.15) is 0 Å². The molecule has 3 aromatic rings. The van der Waals surface area contributed by atoms with Crippen molar-refractivity contribution in [1.29, 1.82) is 5.41 Å². The van der Waals surface area contributed by atoms with E-state index in [0.29, 0.717) is 24.6 Å². The van der Waals surface area contributed by atoms with Gasteiger partial charge in [0.15, 0.2) is 0 Å². The number of hydrogen-bond donors (Lipinski definition) is 3. The first-order chi connectivity index (χ1) is 19.1. The zero-order valence-electron chi connectivity index (χ0n) is 23.0. The van der Waals surface area contributed by atoms with Gasteiger partial charge in [-0.15, -0.1) is 0 Å². The topological polar surface area (TPSA) is 137 Å². The lowest BCUT2D eigenvalue weighted by Gasteiger charge is -2.37. The van der Waals surface area contributed by atoms with Crippen molar-refractivity contribution >= 4 is 38.4 Å². The molecule has 0 saturated carbocycles. The Bertz CT molecular complexity index is 1480. The molecular weight excluding hydrogens is 526 g/mol. The quantitative estimate of drug-likeness (QED) is 0.257. The van der Waals surface area contributed by atoms with Gasteiger partial charge in [0, 0.05) is 31.6 Å². The lowest BCUT2D eigenvalue weighted by atomic mass is 9.96. The first-order valence-corrected chi connectivity index (χ1v) is 15.1. The SMILES string of the molecule is CCN(C(=O)CNS(=O)(=O)c1ccc2ccccc2c1)[C@@H](Cc1ccc(C(=N)N)cc1)C(=O)N1CCC(C)CC1. The third-order valence-corrected chi connectivity index (χ3v) is 8.96. The summed E-state index contributed by atoms with van der Waals surface area (Å²) in [5.41, 5.74) is 6.97. The van der Waals surface area contributed by atoms with E-state index < -0.39 is 28.5 Å². The highest BCUT2D eigenvalue weighted by Crippen LogP contribution is 2.21. The van der Waals surface area contributed by atoms with Gasteiger partial charge in [0.25, 0.3) is 0 Å². The summed E-state index contributed by atoms with van der Waals surface area (Å²) in [4.78, 5) is 30.6. The molecule has 40 heavy (non-hydrogen) atoms. The second-order valence-corrected chi connectivity index (χ2v) is 12.1. The number of nitrogens with two attached hydrogens (primary N) is 1. The molecule has 1 aliphatic heterocycles. The second kappa shape index (κ2) is 12.6. The predicted octanol–water partition coefficient (Wildman–Crippen LogP) is 3.12. The number of piperidine rings is 1. The summed E-state index contributed by atoms with van der Waals surface area (Å²) in [5.74, 6) is -0.133. The minimum Gasteiger partial charge on any atom is -0.384 e. The molecule has 212 valence electrons. The summed E-state index contributed by atoms with van der Waals surface area (Å²) in [7, 11) is -3.96. The van der Waals surface area contributed by atoms with Gasteiger partial charge in [-0.25, -0.2) is 13.1 Å². The van der Waals surface area contributed by atoms with Crippen LogP contribution < -0.4 is 10.5 Å². The number of amidine groups is 1. The van der Waals surface area contributed by atoms with Gasteiger partial charge in [0.2, 0.25) is 21.8 Å². The summed E-state index contributed by atoms with van der Waals surface area (Å²) >= 11 is 0. The first kappa shape index (κ1) is 29.2. The predicted molar refractivity (Wildman–Crippen MR) is 156 cm³/mol. The maximum Gasteiger partial charge on any atom is 0.245 e.